The topological polar surface area (TPSA) is 35.1 Å². The zero-order chi connectivity index (χ0) is 15.1. The van der Waals surface area contributed by atoms with E-state index in [2.05, 4.69) is 42.0 Å². The monoisotopic (exact) mass is 289 g/mol. The first-order valence-electron chi connectivity index (χ1n) is 7.38. The highest BCUT2D eigenvalue weighted by molar-refractivity contribution is 5.96. The number of rotatable bonds is 2. The molecule has 2 aromatic carbocycles. The Labute approximate surface area is 127 Å². The zero-order valence-corrected chi connectivity index (χ0v) is 12.2. The molecule has 0 aliphatic heterocycles. The van der Waals surface area contributed by atoms with E-state index in [0.29, 0.717) is 5.58 Å². The smallest absolute Gasteiger partial charge is 0.336 e. The van der Waals surface area contributed by atoms with Crippen molar-refractivity contribution in [1.29, 1.82) is 0 Å². The number of para-hydroxylation sites is 1. The number of nitrogens with zero attached hydrogens (tertiary/aromatic N) is 1. The second-order valence-electron chi connectivity index (χ2n) is 5.35. The maximum atomic E-state index is 11.8. The molecule has 2 aromatic heterocycles. The van der Waals surface area contributed by atoms with Crippen LogP contribution < -0.4 is 5.63 Å². The predicted molar refractivity (Wildman–Crippen MR) is 89.1 cm³/mol. The van der Waals surface area contributed by atoms with Gasteiger partial charge in [-0.3, -0.25) is 0 Å². The van der Waals surface area contributed by atoms with Crippen LogP contribution in [-0.2, 0) is 6.54 Å². The minimum Gasteiger partial charge on any atom is -0.423 e. The number of benzene rings is 2. The predicted octanol–water partition coefficient (Wildman–Crippen LogP) is 4.43. The van der Waals surface area contributed by atoms with Gasteiger partial charge in [-0.1, -0.05) is 24.3 Å². The standard InChI is InChI=1S/C19H15NO2/c1-2-20-10-9-14-11-13(7-8-17(14)20)16-12-19(21)22-18-6-4-3-5-15(16)18/h3-12H,2H2,1H3. The minimum atomic E-state index is -0.320. The Morgan fingerprint density at radius 2 is 1.91 bits per heavy atom. The molecule has 3 heteroatoms. The number of aryl methyl sites for hydroxylation is 1. The molecule has 0 N–H and O–H groups in total. The van der Waals surface area contributed by atoms with Gasteiger partial charge in [0.25, 0.3) is 0 Å². The van der Waals surface area contributed by atoms with E-state index < -0.39 is 0 Å². The maximum absolute atomic E-state index is 11.8. The third-order valence-corrected chi connectivity index (χ3v) is 4.07. The highest BCUT2D eigenvalue weighted by Gasteiger charge is 2.09. The zero-order valence-electron chi connectivity index (χ0n) is 12.2. The molecule has 108 valence electrons. The van der Waals surface area contributed by atoms with Crippen molar-refractivity contribution in [3.63, 3.8) is 0 Å². The summed E-state index contributed by atoms with van der Waals surface area (Å²) >= 11 is 0. The first-order valence-corrected chi connectivity index (χ1v) is 7.38. The van der Waals surface area contributed by atoms with E-state index in [9.17, 15) is 4.79 Å². The van der Waals surface area contributed by atoms with Crippen LogP contribution in [0.3, 0.4) is 0 Å². The summed E-state index contributed by atoms with van der Waals surface area (Å²) in [6.07, 6.45) is 2.09. The van der Waals surface area contributed by atoms with Crippen molar-refractivity contribution in [1.82, 2.24) is 4.57 Å². The summed E-state index contributed by atoms with van der Waals surface area (Å²) in [6.45, 7) is 3.07. The third kappa shape index (κ3) is 1.94. The van der Waals surface area contributed by atoms with Gasteiger partial charge >= 0.3 is 5.63 Å². The highest BCUT2D eigenvalue weighted by Crippen LogP contribution is 2.29. The van der Waals surface area contributed by atoms with Crippen LogP contribution in [0.4, 0.5) is 0 Å². The van der Waals surface area contributed by atoms with Gasteiger partial charge in [-0.25, -0.2) is 4.79 Å². The first-order chi connectivity index (χ1) is 10.8. The van der Waals surface area contributed by atoms with Crippen LogP contribution in [0.15, 0.2) is 70.0 Å². The summed E-state index contributed by atoms with van der Waals surface area (Å²) in [5.41, 5.74) is 3.46. The molecule has 0 unspecified atom stereocenters. The first kappa shape index (κ1) is 12.9. The lowest BCUT2D eigenvalue weighted by atomic mass is 10.0. The highest BCUT2D eigenvalue weighted by atomic mass is 16.4. The van der Waals surface area contributed by atoms with E-state index in [1.165, 1.54) is 10.9 Å². The average Bonchev–Trinajstić information content (AvgIpc) is 2.96. The van der Waals surface area contributed by atoms with Crippen molar-refractivity contribution in [2.75, 3.05) is 0 Å². The summed E-state index contributed by atoms with van der Waals surface area (Å²) in [7, 11) is 0. The SMILES string of the molecule is CCn1ccc2cc(-c3cc(=O)oc4ccccc34)ccc21. The summed E-state index contributed by atoms with van der Waals surface area (Å²) in [5.74, 6) is 0. The molecule has 0 radical (unpaired) electrons. The molecule has 4 rings (SSSR count). The normalized spacial score (nSPS) is 11.3. The molecular weight excluding hydrogens is 274 g/mol. The number of hydrogen-bond donors (Lipinski definition) is 0. The molecule has 0 aliphatic carbocycles. The quantitative estimate of drug-likeness (QED) is 0.511. The Morgan fingerprint density at radius 1 is 1.05 bits per heavy atom. The Balaban J connectivity index is 2.00. The summed E-state index contributed by atoms with van der Waals surface area (Å²) in [4.78, 5) is 11.8. The molecule has 0 aliphatic rings. The second-order valence-corrected chi connectivity index (χ2v) is 5.35. The van der Waals surface area contributed by atoms with Crippen LogP contribution in [0, 0.1) is 0 Å². The average molecular weight is 289 g/mol. The van der Waals surface area contributed by atoms with Gasteiger partial charge in [0, 0.05) is 35.1 Å². The van der Waals surface area contributed by atoms with Crippen LogP contribution in [0.5, 0.6) is 0 Å². The van der Waals surface area contributed by atoms with E-state index >= 15 is 0 Å². The molecule has 0 amide bonds. The van der Waals surface area contributed by atoms with E-state index in [0.717, 1.165) is 23.1 Å². The van der Waals surface area contributed by atoms with Crippen molar-refractivity contribution in [2.45, 2.75) is 13.5 Å². The fraction of sp³-hybridized carbons (Fsp3) is 0.105. The van der Waals surface area contributed by atoms with Gasteiger partial charge in [0.2, 0.25) is 0 Å². The lowest BCUT2D eigenvalue weighted by Crippen LogP contribution is -1.98. The van der Waals surface area contributed by atoms with Gasteiger partial charge in [0.15, 0.2) is 0 Å². The van der Waals surface area contributed by atoms with Crippen molar-refractivity contribution < 1.29 is 4.42 Å². The van der Waals surface area contributed by atoms with Crippen LogP contribution >= 0.6 is 0 Å². The van der Waals surface area contributed by atoms with Crippen LogP contribution in [0.25, 0.3) is 33.0 Å². The molecular formula is C19H15NO2. The number of aromatic nitrogens is 1. The van der Waals surface area contributed by atoms with Gasteiger partial charge in [0.1, 0.15) is 5.58 Å². The molecule has 22 heavy (non-hydrogen) atoms. The van der Waals surface area contributed by atoms with Gasteiger partial charge in [0.05, 0.1) is 0 Å². The van der Waals surface area contributed by atoms with Gasteiger partial charge in [-0.2, -0.15) is 0 Å². The van der Waals surface area contributed by atoms with Gasteiger partial charge in [-0.15, -0.1) is 0 Å². The second kappa shape index (κ2) is 4.88. The fourth-order valence-electron chi connectivity index (χ4n) is 2.99. The molecule has 0 fully saturated rings. The number of fused-ring (bicyclic) bond motifs is 2. The molecule has 3 nitrogen and oxygen atoms in total. The number of hydrogen-bond acceptors (Lipinski definition) is 2. The van der Waals surface area contributed by atoms with Crippen molar-refractivity contribution in [2.24, 2.45) is 0 Å². The van der Waals surface area contributed by atoms with Gasteiger partial charge in [-0.05, 0) is 42.3 Å². The van der Waals surface area contributed by atoms with Gasteiger partial charge < -0.3 is 8.98 Å². The van der Waals surface area contributed by atoms with Crippen LogP contribution in [0.2, 0.25) is 0 Å². The minimum absolute atomic E-state index is 0.320. The molecule has 0 bridgehead atoms. The Bertz CT molecular complexity index is 1040. The molecule has 4 aromatic rings. The molecule has 0 saturated carbocycles. The maximum Gasteiger partial charge on any atom is 0.336 e. The molecule has 0 atom stereocenters. The van der Waals surface area contributed by atoms with E-state index in [1.54, 1.807) is 6.07 Å². The van der Waals surface area contributed by atoms with Crippen molar-refractivity contribution in [3.05, 3.63) is 71.2 Å². The molecule has 0 saturated heterocycles. The molecule has 2 heterocycles. The summed E-state index contributed by atoms with van der Waals surface area (Å²) < 4.78 is 7.48. The van der Waals surface area contributed by atoms with E-state index in [4.69, 9.17) is 4.42 Å². The largest absolute Gasteiger partial charge is 0.423 e. The summed E-state index contributed by atoms with van der Waals surface area (Å²) in [5, 5.41) is 2.13. The van der Waals surface area contributed by atoms with Crippen molar-refractivity contribution >= 4 is 21.9 Å². The van der Waals surface area contributed by atoms with Crippen LogP contribution in [0.1, 0.15) is 6.92 Å². The Morgan fingerprint density at radius 3 is 2.77 bits per heavy atom. The fourth-order valence-corrected chi connectivity index (χ4v) is 2.99. The lowest BCUT2D eigenvalue weighted by molar-refractivity contribution is 0.561. The van der Waals surface area contributed by atoms with Crippen molar-refractivity contribution in [3.8, 4) is 11.1 Å². The third-order valence-electron chi connectivity index (χ3n) is 4.07. The summed E-state index contributed by atoms with van der Waals surface area (Å²) in [6, 6.07) is 17.6. The van der Waals surface area contributed by atoms with Crippen LogP contribution in [-0.4, -0.2) is 4.57 Å². The Kier molecular flexibility index (Phi) is 2.86. The Hall–Kier alpha value is -2.81. The van der Waals surface area contributed by atoms with E-state index in [-0.39, 0.29) is 5.63 Å². The lowest BCUT2D eigenvalue weighted by Gasteiger charge is -2.07. The molecule has 0 spiro atoms. The van der Waals surface area contributed by atoms with E-state index in [1.807, 2.05) is 24.3 Å².